The van der Waals surface area contributed by atoms with E-state index in [1.165, 1.54) is 0 Å². The van der Waals surface area contributed by atoms with Gasteiger partial charge in [-0.15, -0.1) is 0 Å². The summed E-state index contributed by atoms with van der Waals surface area (Å²) in [5.41, 5.74) is 0. The second-order valence-electron chi connectivity index (χ2n) is 1.53. The largest absolute Gasteiger partial charge is 0.269 e. The van der Waals surface area contributed by atoms with E-state index in [1.807, 2.05) is 32.3 Å². The molecule has 0 amide bonds. The van der Waals surface area contributed by atoms with Crippen LogP contribution in [0.25, 0.3) is 0 Å². The number of nitrogens with zero attached hydrogens (tertiary/aromatic N) is 1. The number of allylic oxidation sites excluding steroid dienone is 1. The normalized spacial score (nSPS) is 10.0. The Labute approximate surface area is 64.9 Å². The lowest BCUT2D eigenvalue weighted by molar-refractivity contribution is 1.21. The van der Waals surface area contributed by atoms with Crippen molar-refractivity contribution in [3.05, 3.63) is 12.3 Å². The Kier molecular flexibility index (Phi) is 19.1. The average Bonchev–Trinajstić information content (AvgIpc) is 2.02. The van der Waals surface area contributed by atoms with E-state index >= 15 is 0 Å². The highest BCUT2D eigenvalue weighted by Gasteiger charge is 1.62. The van der Waals surface area contributed by atoms with Gasteiger partial charge in [0.25, 0.3) is 0 Å². The van der Waals surface area contributed by atoms with Crippen LogP contribution < -0.4 is 0 Å². The van der Waals surface area contributed by atoms with Gasteiger partial charge in [-0.1, -0.05) is 33.8 Å². The first kappa shape index (κ1) is 12.1. The van der Waals surface area contributed by atoms with E-state index in [4.69, 9.17) is 0 Å². The Morgan fingerprint density at radius 3 is 2.10 bits per heavy atom. The Balaban J connectivity index is 0. The van der Waals surface area contributed by atoms with Gasteiger partial charge in [-0.3, -0.25) is 4.99 Å². The van der Waals surface area contributed by atoms with Gasteiger partial charge in [-0.25, -0.2) is 0 Å². The van der Waals surface area contributed by atoms with Crippen LogP contribution in [-0.4, -0.2) is 6.21 Å². The van der Waals surface area contributed by atoms with Crippen LogP contribution in [0.5, 0.6) is 0 Å². The van der Waals surface area contributed by atoms with E-state index in [9.17, 15) is 0 Å². The predicted molar refractivity (Wildman–Crippen MR) is 49.6 cm³/mol. The molecule has 0 N–H and O–H groups in total. The summed E-state index contributed by atoms with van der Waals surface area (Å²) in [5, 5.41) is 0. The highest BCUT2D eigenvalue weighted by atomic mass is 14.7. The van der Waals surface area contributed by atoms with Crippen LogP contribution in [0.1, 0.15) is 40.5 Å². The lowest BCUT2D eigenvalue weighted by Crippen LogP contribution is -1.62. The van der Waals surface area contributed by atoms with Crippen molar-refractivity contribution in [2.24, 2.45) is 4.99 Å². The Morgan fingerprint density at radius 2 is 1.70 bits per heavy atom. The van der Waals surface area contributed by atoms with Crippen LogP contribution >= 0.6 is 0 Å². The van der Waals surface area contributed by atoms with Gasteiger partial charge in [-0.2, -0.15) is 0 Å². The van der Waals surface area contributed by atoms with E-state index in [1.54, 1.807) is 0 Å². The summed E-state index contributed by atoms with van der Waals surface area (Å²) in [6.07, 6.45) is 7.86. The summed E-state index contributed by atoms with van der Waals surface area (Å²) in [5.74, 6) is 0. The van der Waals surface area contributed by atoms with Crippen molar-refractivity contribution in [3.8, 4) is 0 Å². The van der Waals surface area contributed by atoms with Crippen molar-refractivity contribution in [2.75, 3.05) is 0 Å². The smallest absolute Gasteiger partial charge is 0.0223 e. The monoisotopic (exact) mass is 141 g/mol. The molecule has 60 valence electrons. The molecular weight excluding hydrogens is 122 g/mol. The van der Waals surface area contributed by atoms with Crippen molar-refractivity contribution < 1.29 is 0 Å². The molecule has 0 aliphatic rings. The Morgan fingerprint density at radius 1 is 1.10 bits per heavy atom. The fraction of sp³-hybridized carbons (Fsp3) is 0.667. The standard InChI is InChI=1S/C7H13N.C2H6/c1-3-5-7-8-6-4-2;1-2/h5-7H,3-4H2,1-2H3;1-2H3/b7-5-,8-6?;. The predicted octanol–water partition coefficient (Wildman–Crippen LogP) is 3.42. The maximum atomic E-state index is 3.97. The minimum absolute atomic E-state index is 1.02. The molecule has 0 aromatic heterocycles. The van der Waals surface area contributed by atoms with Crippen LogP contribution in [-0.2, 0) is 0 Å². The van der Waals surface area contributed by atoms with E-state index in [0.29, 0.717) is 0 Å². The molecule has 0 radical (unpaired) electrons. The molecule has 0 fully saturated rings. The van der Waals surface area contributed by atoms with Gasteiger partial charge in [0.2, 0.25) is 0 Å². The summed E-state index contributed by atoms with van der Waals surface area (Å²) in [6.45, 7) is 8.17. The van der Waals surface area contributed by atoms with Crippen molar-refractivity contribution in [1.82, 2.24) is 0 Å². The van der Waals surface area contributed by atoms with E-state index < -0.39 is 0 Å². The molecule has 0 atom stereocenters. The molecule has 0 aliphatic carbocycles. The van der Waals surface area contributed by atoms with E-state index in [-0.39, 0.29) is 0 Å². The molecular formula is C9H19N. The first-order chi connectivity index (χ1) is 4.91. The number of hydrogen-bond acceptors (Lipinski definition) is 1. The highest BCUT2D eigenvalue weighted by Crippen LogP contribution is 1.79. The topological polar surface area (TPSA) is 12.4 Å². The minimum Gasteiger partial charge on any atom is -0.269 e. The number of aliphatic imine (C=N–C) groups is 1. The van der Waals surface area contributed by atoms with Gasteiger partial charge < -0.3 is 0 Å². The lowest BCUT2D eigenvalue weighted by Gasteiger charge is -1.74. The molecule has 10 heavy (non-hydrogen) atoms. The third-order valence-electron chi connectivity index (χ3n) is 0.715. The summed E-state index contributed by atoms with van der Waals surface area (Å²) in [7, 11) is 0. The zero-order valence-electron chi connectivity index (χ0n) is 7.59. The van der Waals surface area contributed by atoms with E-state index in [0.717, 1.165) is 12.8 Å². The highest BCUT2D eigenvalue weighted by molar-refractivity contribution is 5.57. The number of hydrogen-bond donors (Lipinski definition) is 0. The van der Waals surface area contributed by atoms with Gasteiger partial charge in [-0.05, 0) is 12.8 Å². The summed E-state index contributed by atoms with van der Waals surface area (Å²) < 4.78 is 0. The molecule has 0 unspecified atom stereocenters. The molecule has 0 spiro atoms. The minimum atomic E-state index is 1.02. The van der Waals surface area contributed by atoms with Crippen LogP contribution in [0.15, 0.2) is 17.3 Å². The molecule has 1 heteroatoms. The summed E-state index contributed by atoms with van der Waals surface area (Å²) in [4.78, 5) is 3.97. The maximum absolute atomic E-state index is 3.97. The first-order valence-electron chi connectivity index (χ1n) is 4.08. The van der Waals surface area contributed by atoms with Gasteiger partial charge >= 0.3 is 0 Å². The first-order valence-corrected chi connectivity index (χ1v) is 4.08. The SMILES string of the molecule is CC.CCC=N/C=C\CC. The van der Waals surface area contributed by atoms with Crippen molar-refractivity contribution >= 4 is 6.21 Å². The Bertz CT molecular complexity index is 70.7. The van der Waals surface area contributed by atoms with Crippen molar-refractivity contribution in [2.45, 2.75) is 40.5 Å². The summed E-state index contributed by atoms with van der Waals surface area (Å²) >= 11 is 0. The molecule has 0 aromatic rings. The molecule has 0 rings (SSSR count). The van der Waals surface area contributed by atoms with Gasteiger partial charge in [0.15, 0.2) is 0 Å². The van der Waals surface area contributed by atoms with Gasteiger partial charge in [0.05, 0.1) is 0 Å². The Hall–Kier alpha value is -0.590. The molecule has 0 bridgehead atoms. The quantitative estimate of drug-likeness (QED) is 0.534. The molecule has 1 nitrogen and oxygen atoms in total. The van der Waals surface area contributed by atoms with Gasteiger partial charge in [0.1, 0.15) is 0 Å². The van der Waals surface area contributed by atoms with Gasteiger partial charge in [0, 0.05) is 12.4 Å². The molecule has 0 saturated heterocycles. The third kappa shape index (κ3) is 15.7. The van der Waals surface area contributed by atoms with Crippen LogP contribution in [0, 0.1) is 0 Å². The second kappa shape index (κ2) is 15.8. The van der Waals surface area contributed by atoms with Crippen LogP contribution in [0.2, 0.25) is 0 Å². The molecule has 0 aliphatic heterocycles. The maximum Gasteiger partial charge on any atom is 0.0223 e. The van der Waals surface area contributed by atoms with Crippen molar-refractivity contribution in [1.29, 1.82) is 0 Å². The van der Waals surface area contributed by atoms with Crippen LogP contribution in [0.4, 0.5) is 0 Å². The zero-order valence-corrected chi connectivity index (χ0v) is 7.59. The fourth-order valence-corrected chi connectivity index (χ4v) is 0.333. The van der Waals surface area contributed by atoms with Crippen molar-refractivity contribution in [3.63, 3.8) is 0 Å². The third-order valence-corrected chi connectivity index (χ3v) is 0.715. The molecule has 0 heterocycles. The molecule has 0 aromatic carbocycles. The lowest BCUT2D eigenvalue weighted by atomic mass is 10.5. The zero-order chi connectivity index (χ0) is 8.24. The number of rotatable bonds is 3. The second-order valence-corrected chi connectivity index (χ2v) is 1.53. The fourth-order valence-electron chi connectivity index (χ4n) is 0.333. The average molecular weight is 141 g/mol. The van der Waals surface area contributed by atoms with Crippen LogP contribution in [0.3, 0.4) is 0 Å². The summed E-state index contributed by atoms with van der Waals surface area (Å²) in [6, 6.07) is 0. The van der Waals surface area contributed by atoms with E-state index in [2.05, 4.69) is 18.8 Å². The molecule has 0 saturated carbocycles.